The van der Waals surface area contributed by atoms with Gasteiger partial charge in [0.2, 0.25) is 0 Å². The summed E-state index contributed by atoms with van der Waals surface area (Å²) in [6, 6.07) is 8.78. The summed E-state index contributed by atoms with van der Waals surface area (Å²) in [5.41, 5.74) is -0.361. The fourth-order valence-electron chi connectivity index (χ4n) is 3.13. The molecule has 0 spiro atoms. The van der Waals surface area contributed by atoms with Crippen LogP contribution in [-0.2, 0) is 23.7 Å². The fourth-order valence-corrected chi connectivity index (χ4v) is 4.39. The van der Waals surface area contributed by atoms with Crippen LogP contribution in [0, 0.1) is 0 Å². The minimum absolute atomic E-state index is 0.0446. The molecule has 8 heteroatoms. The summed E-state index contributed by atoms with van der Waals surface area (Å²) in [6.07, 6.45) is -1.44. The molecule has 2 heterocycles. The lowest BCUT2D eigenvalue weighted by Crippen LogP contribution is -2.54. The molecule has 0 amide bonds. The van der Waals surface area contributed by atoms with Crippen molar-refractivity contribution >= 4 is 17.7 Å². The SMILES string of the molecule is COCO[C@@H]1[C@H]2OC(C)(C)O[C@@H]2[C@@H](COC(=O)c2ccccc2)S[C@H]1O. The van der Waals surface area contributed by atoms with Crippen LogP contribution >= 0.6 is 11.8 Å². The van der Waals surface area contributed by atoms with Crippen molar-refractivity contribution in [3.63, 3.8) is 0 Å². The third-order valence-electron chi connectivity index (χ3n) is 4.22. The van der Waals surface area contributed by atoms with Crippen LogP contribution in [0.25, 0.3) is 0 Å². The van der Waals surface area contributed by atoms with Crippen molar-refractivity contribution in [3.8, 4) is 0 Å². The minimum Gasteiger partial charge on any atom is -0.461 e. The van der Waals surface area contributed by atoms with Crippen LogP contribution in [0.2, 0.25) is 0 Å². The molecule has 0 saturated carbocycles. The van der Waals surface area contributed by atoms with Gasteiger partial charge in [0.25, 0.3) is 0 Å². The van der Waals surface area contributed by atoms with E-state index in [0.29, 0.717) is 5.56 Å². The van der Waals surface area contributed by atoms with Crippen LogP contribution in [0.15, 0.2) is 30.3 Å². The molecule has 0 bridgehead atoms. The standard InChI is InChI=1S/C18H24O7S/c1-18(2)24-13-12(9-22-16(19)11-7-5-4-6-8-11)26-17(20)15(14(13)25-18)23-10-21-3/h4-8,12-15,17,20H,9-10H2,1-3H3/t12-,13-,14+,15-,17-/m1/s1. The average molecular weight is 384 g/mol. The Bertz CT molecular complexity index is 609. The van der Waals surface area contributed by atoms with Crippen molar-refractivity contribution in [2.24, 2.45) is 0 Å². The van der Waals surface area contributed by atoms with E-state index in [1.54, 1.807) is 24.3 Å². The molecule has 144 valence electrons. The molecule has 0 aliphatic carbocycles. The molecular formula is C18H24O7S. The molecule has 0 unspecified atom stereocenters. The van der Waals surface area contributed by atoms with Gasteiger partial charge < -0.3 is 28.8 Å². The van der Waals surface area contributed by atoms with Crippen molar-refractivity contribution in [3.05, 3.63) is 35.9 Å². The van der Waals surface area contributed by atoms with E-state index in [1.807, 2.05) is 19.9 Å². The highest BCUT2D eigenvalue weighted by atomic mass is 32.2. The summed E-state index contributed by atoms with van der Waals surface area (Å²) < 4.78 is 27.9. The van der Waals surface area contributed by atoms with Crippen LogP contribution in [0.1, 0.15) is 24.2 Å². The zero-order valence-corrected chi connectivity index (χ0v) is 15.8. The van der Waals surface area contributed by atoms with E-state index in [4.69, 9.17) is 23.7 Å². The van der Waals surface area contributed by atoms with Gasteiger partial charge in [-0.05, 0) is 26.0 Å². The van der Waals surface area contributed by atoms with Crippen molar-refractivity contribution in [2.45, 2.75) is 48.6 Å². The molecular weight excluding hydrogens is 360 g/mol. The summed E-state index contributed by atoms with van der Waals surface area (Å²) in [7, 11) is 1.52. The molecule has 2 aliphatic rings. The fraction of sp³-hybridized carbons (Fsp3) is 0.611. The smallest absolute Gasteiger partial charge is 0.338 e. The molecule has 5 atom stereocenters. The second kappa shape index (κ2) is 8.24. The average Bonchev–Trinajstić information content (AvgIpc) is 2.95. The molecule has 1 aromatic carbocycles. The van der Waals surface area contributed by atoms with Gasteiger partial charge in [-0.3, -0.25) is 0 Å². The molecule has 2 aliphatic heterocycles. The van der Waals surface area contributed by atoms with Crippen molar-refractivity contribution in [2.75, 3.05) is 20.5 Å². The third-order valence-corrected chi connectivity index (χ3v) is 5.52. The van der Waals surface area contributed by atoms with Gasteiger partial charge in [-0.15, -0.1) is 11.8 Å². The van der Waals surface area contributed by atoms with Crippen molar-refractivity contribution < 1.29 is 33.6 Å². The molecule has 2 fully saturated rings. The third kappa shape index (κ3) is 4.39. The lowest BCUT2D eigenvalue weighted by Gasteiger charge is -2.38. The van der Waals surface area contributed by atoms with E-state index in [2.05, 4.69) is 0 Å². The first kappa shape index (κ1) is 19.6. The quantitative estimate of drug-likeness (QED) is 0.587. The van der Waals surface area contributed by atoms with Crippen LogP contribution in [0.3, 0.4) is 0 Å². The van der Waals surface area contributed by atoms with Gasteiger partial charge in [0.1, 0.15) is 37.1 Å². The van der Waals surface area contributed by atoms with Crippen molar-refractivity contribution in [1.82, 2.24) is 0 Å². The van der Waals surface area contributed by atoms with E-state index in [-0.39, 0.29) is 24.8 Å². The van der Waals surface area contributed by atoms with Crippen molar-refractivity contribution in [1.29, 1.82) is 0 Å². The van der Waals surface area contributed by atoms with E-state index in [0.717, 1.165) is 0 Å². The number of aliphatic hydroxyl groups is 1. The zero-order valence-electron chi connectivity index (χ0n) is 15.0. The molecule has 1 N–H and O–H groups in total. The maximum absolute atomic E-state index is 12.2. The van der Waals surface area contributed by atoms with Crippen LogP contribution in [0.5, 0.6) is 0 Å². The Kier molecular flexibility index (Phi) is 6.21. The van der Waals surface area contributed by atoms with E-state index in [1.165, 1.54) is 18.9 Å². The van der Waals surface area contributed by atoms with Crippen LogP contribution < -0.4 is 0 Å². The van der Waals surface area contributed by atoms with E-state index < -0.39 is 29.4 Å². The minimum atomic E-state index is -0.843. The second-order valence-electron chi connectivity index (χ2n) is 6.63. The number of carbonyl (C=O) groups is 1. The first-order chi connectivity index (χ1) is 12.4. The Morgan fingerprint density at radius 3 is 2.62 bits per heavy atom. The summed E-state index contributed by atoms with van der Waals surface area (Å²) in [6.45, 7) is 3.77. The summed E-state index contributed by atoms with van der Waals surface area (Å²) >= 11 is 1.25. The molecule has 2 saturated heterocycles. The van der Waals surface area contributed by atoms with E-state index in [9.17, 15) is 9.90 Å². The largest absolute Gasteiger partial charge is 0.461 e. The Morgan fingerprint density at radius 1 is 1.23 bits per heavy atom. The number of carbonyl (C=O) groups excluding carboxylic acids is 1. The number of benzene rings is 1. The zero-order chi connectivity index (χ0) is 18.7. The Hall–Kier alpha value is -1.16. The maximum atomic E-state index is 12.2. The number of rotatable bonds is 6. The highest BCUT2D eigenvalue weighted by Crippen LogP contribution is 2.43. The first-order valence-corrected chi connectivity index (χ1v) is 9.37. The van der Waals surface area contributed by atoms with E-state index >= 15 is 0 Å². The molecule has 0 radical (unpaired) electrons. The number of aliphatic hydroxyl groups excluding tert-OH is 1. The number of methoxy groups -OCH3 is 1. The topological polar surface area (TPSA) is 83.5 Å². The monoisotopic (exact) mass is 384 g/mol. The summed E-state index contributed by atoms with van der Waals surface area (Å²) in [5, 5.41) is 10.2. The van der Waals surface area contributed by atoms with Crippen LogP contribution in [-0.4, -0.2) is 66.4 Å². The maximum Gasteiger partial charge on any atom is 0.338 e. The first-order valence-electron chi connectivity index (χ1n) is 8.43. The van der Waals surface area contributed by atoms with Crippen LogP contribution in [0.4, 0.5) is 0 Å². The number of esters is 1. The van der Waals surface area contributed by atoms with Gasteiger partial charge >= 0.3 is 5.97 Å². The number of thioether (sulfide) groups is 1. The van der Waals surface area contributed by atoms with Gasteiger partial charge in [-0.25, -0.2) is 4.79 Å². The normalized spacial score (nSPS) is 32.8. The van der Waals surface area contributed by atoms with Gasteiger partial charge in [0, 0.05) is 7.11 Å². The lowest BCUT2D eigenvalue weighted by molar-refractivity contribution is -0.178. The summed E-state index contributed by atoms with van der Waals surface area (Å²) in [5.74, 6) is -1.22. The number of fused-ring (bicyclic) bond motifs is 1. The van der Waals surface area contributed by atoms with Gasteiger partial charge in [-0.1, -0.05) is 18.2 Å². The molecule has 3 rings (SSSR count). The number of hydrogen-bond donors (Lipinski definition) is 1. The van der Waals surface area contributed by atoms with Gasteiger partial charge in [0.05, 0.1) is 10.8 Å². The molecule has 1 aromatic rings. The highest BCUT2D eigenvalue weighted by molar-refractivity contribution is 8.00. The Morgan fingerprint density at radius 2 is 1.92 bits per heavy atom. The van der Waals surface area contributed by atoms with Gasteiger partial charge in [-0.2, -0.15) is 0 Å². The molecule has 26 heavy (non-hydrogen) atoms. The molecule has 7 nitrogen and oxygen atoms in total. The predicted molar refractivity (Wildman–Crippen MR) is 94.7 cm³/mol. The highest BCUT2D eigenvalue weighted by Gasteiger charge is 2.55. The Balaban J connectivity index is 1.67. The number of ether oxygens (including phenoxy) is 5. The lowest BCUT2D eigenvalue weighted by atomic mass is 10.0. The second-order valence-corrected chi connectivity index (χ2v) is 7.99. The summed E-state index contributed by atoms with van der Waals surface area (Å²) in [4.78, 5) is 12.2. The molecule has 0 aromatic heterocycles. The van der Waals surface area contributed by atoms with Gasteiger partial charge in [0.15, 0.2) is 5.79 Å². The number of hydrogen-bond acceptors (Lipinski definition) is 8. The predicted octanol–water partition coefficient (Wildman–Crippen LogP) is 1.79. The Labute approximate surface area is 156 Å².